The number of benzene rings is 1. The number of nitriles is 1. The van der Waals surface area contributed by atoms with Crippen molar-refractivity contribution in [3.63, 3.8) is 0 Å². The number of anilines is 1. The Morgan fingerprint density at radius 2 is 1.93 bits per heavy atom. The molecule has 0 aliphatic heterocycles. The van der Waals surface area contributed by atoms with Crippen LogP contribution in [0.2, 0.25) is 0 Å². The third kappa shape index (κ3) is 4.02. The Morgan fingerprint density at radius 1 is 1.22 bits per heavy atom. The summed E-state index contributed by atoms with van der Waals surface area (Å²) < 4.78 is 1.95. The molecule has 0 spiro atoms. The van der Waals surface area contributed by atoms with E-state index in [9.17, 15) is 10.1 Å². The molecule has 0 saturated carbocycles. The number of carbonyl (C=O) groups excluding carboxylic acids is 1. The largest absolute Gasteiger partial charge is 0.324 e. The van der Waals surface area contributed by atoms with Gasteiger partial charge in [0.05, 0.1) is 17.6 Å². The zero-order chi connectivity index (χ0) is 19.6. The van der Waals surface area contributed by atoms with E-state index >= 15 is 0 Å². The first-order valence-electron chi connectivity index (χ1n) is 8.94. The summed E-state index contributed by atoms with van der Waals surface area (Å²) in [7, 11) is 1.89. The van der Waals surface area contributed by atoms with Crippen LogP contribution in [-0.4, -0.2) is 28.8 Å². The van der Waals surface area contributed by atoms with Gasteiger partial charge in [-0.15, -0.1) is 0 Å². The van der Waals surface area contributed by atoms with Crippen LogP contribution in [0, 0.1) is 32.1 Å². The van der Waals surface area contributed by atoms with Gasteiger partial charge in [0, 0.05) is 30.2 Å². The fourth-order valence-corrected chi connectivity index (χ4v) is 3.57. The Bertz CT molecular complexity index is 1020. The molecule has 0 unspecified atom stereocenters. The normalized spacial score (nSPS) is 11.0. The van der Waals surface area contributed by atoms with Gasteiger partial charge in [0.2, 0.25) is 5.91 Å². The van der Waals surface area contributed by atoms with Crippen molar-refractivity contribution in [2.75, 3.05) is 18.9 Å². The van der Waals surface area contributed by atoms with E-state index < -0.39 is 0 Å². The fourth-order valence-electron chi connectivity index (χ4n) is 3.57. The standard InChI is InChI=1S/C22H24N4O/c1-15-9-16(2)22(17(3)10-15)24-21(27)14-25(4)12-18-13-26-8-6-5-7-20(26)19(18)11-23/h5-10,13H,12,14H2,1-4H3,(H,24,27). The number of aryl methyl sites for hydroxylation is 3. The van der Waals surface area contributed by atoms with E-state index in [1.54, 1.807) is 0 Å². The number of nitrogens with zero attached hydrogens (tertiary/aromatic N) is 3. The van der Waals surface area contributed by atoms with Gasteiger partial charge in [-0.3, -0.25) is 9.69 Å². The molecule has 0 fully saturated rings. The number of amides is 1. The van der Waals surface area contributed by atoms with E-state index in [0.29, 0.717) is 12.1 Å². The number of pyridine rings is 1. The zero-order valence-electron chi connectivity index (χ0n) is 16.2. The minimum atomic E-state index is -0.0603. The molecule has 138 valence electrons. The Hall–Kier alpha value is -3.10. The molecule has 3 aromatic rings. The van der Waals surface area contributed by atoms with E-state index in [0.717, 1.165) is 27.9 Å². The average molecular weight is 360 g/mol. The van der Waals surface area contributed by atoms with Crippen molar-refractivity contribution in [2.24, 2.45) is 0 Å². The second kappa shape index (κ2) is 7.65. The SMILES string of the molecule is Cc1cc(C)c(NC(=O)CN(C)Cc2cn3ccccc3c2C#N)c(C)c1. The summed E-state index contributed by atoms with van der Waals surface area (Å²) in [4.78, 5) is 14.4. The third-order valence-corrected chi connectivity index (χ3v) is 4.67. The summed E-state index contributed by atoms with van der Waals surface area (Å²) in [5, 5.41) is 12.5. The molecule has 1 N–H and O–H groups in total. The summed E-state index contributed by atoms with van der Waals surface area (Å²) in [6.45, 7) is 6.85. The highest BCUT2D eigenvalue weighted by molar-refractivity contribution is 5.93. The molecule has 2 heterocycles. The molecule has 2 aromatic heterocycles. The number of nitrogens with one attached hydrogen (secondary N) is 1. The second-order valence-corrected chi connectivity index (χ2v) is 7.13. The van der Waals surface area contributed by atoms with Crippen LogP contribution in [0.1, 0.15) is 27.8 Å². The summed E-state index contributed by atoms with van der Waals surface area (Å²) in [5.41, 5.74) is 6.66. The van der Waals surface area contributed by atoms with Crippen LogP contribution in [-0.2, 0) is 11.3 Å². The highest BCUT2D eigenvalue weighted by atomic mass is 16.2. The highest BCUT2D eigenvalue weighted by Crippen LogP contribution is 2.22. The van der Waals surface area contributed by atoms with Crippen LogP contribution in [0.3, 0.4) is 0 Å². The minimum absolute atomic E-state index is 0.0603. The van der Waals surface area contributed by atoms with Crippen molar-refractivity contribution in [2.45, 2.75) is 27.3 Å². The molecule has 1 amide bonds. The molecule has 0 atom stereocenters. The molecule has 5 nitrogen and oxygen atoms in total. The summed E-state index contributed by atoms with van der Waals surface area (Å²) in [6, 6.07) is 12.2. The maximum atomic E-state index is 12.5. The third-order valence-electron chi connectivity index (χ3n) is 4.67. The Kier molecular flexibility index (Phi) is 5.29. The van der Waals surface area contributed by atoms with Crippen LogP contribution in [0.15, 0.2) is 42.7 Å². The maximum absolute atomic E-state index is 12.5. The lowest BCUT2D eigenvalue weighted by atomic mass is 10.1. The average Bonchev–Trinajstić information content (AvgIpc) is 2.94. The van der Waals surface area contributed by atoms with Gasteiger partial charge in [0.25, 0.3) is 0 Å². The molecule has 0 aliphatic rings. The van der Waals surface area contributed by atoms with Crippen LogP contribution in [0.25, 0.3) is 5.52 Å². The molecule has 5 heteroatoms. The van der Waals surface area contributed by atoms with Crippen molar-refractivity contribution in [3.8, 4) is 6.07 Å². The number of rotatable bonds is 5. The molecule has 27 heavy (non-hydrogen) atoms. The van der Waals surface area contributed by atoms with Gasteiger partial charge in [-0.25, -0.2) is 0 Å². The quantitative estimate of drug-likeness (QED) is 0.753. The minimum Gasteiger partial charge on any atom is -0.324 e. The lowest BCUT2D eigenvalue weighted by Crippen LogP contribution is -2.30. The first-order valence-corrected chi connectivity index (χ1v) is 8.94. The van der Waals surface area contributed by atoms with Gasteiger partial charge >= 0.3 is 0 Å². The predicted molar refractivity (Wildman–Crippen MR) is 108 cm³/mol. The van der Waals surface area contributed by atoms with Gasteiger partial charge in [-0.1, -0.05) is 23.8 Å². The van der Waals surface area contributed by atoms with Crippen molar-refractivity contribution in [3.05, 3.63) is 70.5 Å². The van der Waals surface area contributed by atoms with Crippen LogP contribution >= 0.6 is 0 Å². The molecule has 0 saturated heterocycles. The zero-order valence-corrected chi connectivity index (χ0v) is 16.2. The van der Waals surface area contributed by atoms with Gasteiger partial charge < -0.3 is 9.72 Å². The summed E-state index contributed by atoms with van der Waals surface area (Å²) in [5.74, 6) is -0.0603. The molecule has 3 rings (SSSR count). The van der Waals surface area contributed by atoms with Gasteiger partial charge in [0.1, 0.15) is 6.07 Å². The number of aromatic nitrogens is 1. The fraction of sp³-hybridized carbons (Fsp3) is 0.273. The van der Waals surface area contributed by atoms with Crippen LogP contribution in [0.4, 0.5) is 5.69 Å². The molecular weight excluding hydrogens is 336 g/mol. The molecule has 0 radical (unpaired) electrons. The van der Waals surface area contributed by atoms with E-state index in [4.69, 9.17) is 0 Å². The lowest BCUT2D eigenvalue weighted by Gasteiger charge is -2.18. The summed E-state index contributed by atoms with van der Waals surface area (Å²) in [6.07, 6.45) is 3.88. The van der Waals surface area contributed by atoms with Crippen LogP contribution in [0.5, 0.6) is 0 Å². The van der Waals surface area contributed by atoms with Gasteiger partial charge in [-0.2, -0.15) is 5.26 Å². The van der Waals surface area contributed by atoms with Crippen molar-refractivity contribution < 1.29 is 4.79 Å². The van der Waals surface area contributed by atoms with Crippen molar-refractivity contribution in [1.82, 2.24) is 9.30 Å². The number of hydrogen-bond acceptors (Lipinski definition) is 3. The monoisotopic (exact) mass is 360 g/mol. The topological polar surface area (TPSA) is 60.5 Å². The van der Waals surface area contributed by atoms with Crippen molar-refractivity contribution >= 4 is 17.1 Å². The van der Waals surface area contributed by atoms with E-state index in [1.165, 1.54) is 5.56 Å². The second-order valence-electron chi connectivity index (χ2n) is 7.13. The Labute approximate surface area is 159 Å². The smallest absolute Gasteiger partial charge is 0.238 e. The van der Waals surface area contributed by atoms with E-state index in [1.807, 2.05) is 67.7 Å². The first kappa shape index (κ1) is 18.7. The van der Waals surface area contributed by atoms with E-state index in [2.05, 4.69) is 23.5 Å². The van der Waals surface area contributed by atoms with Gasteiger partial charge in [-0.05, 0) is 51.1 Å². The number of carbonyl (C=O) groups is 1. The first-order chi connectivity index (χ1) is 12.9. The highest BCUT2D eigenvalue weighted by Gasteiger charge is 2.15. The van der Waals surface area contributed by atoms with Crippen molar-refractivity contribution in [1.29, 1.82) is 5.26 Å². The number of fused-ring (bicyclic) bond motifs is 1. The number of hydrogen-bond donors (Lipinski definition) is 1. The lowest BCUT2D eigenvalue weighted by molar-refractivity contribution is -0.117. The Balaban J connectivity index is 1.70. The summed E-state index contributed by atoms with van der Waals surface area (Å²) >= 11 is 0. The number of likely N-dealkylation sites (N-methyl/N-ethyl adjacent to an activating group) is 1. The molecule has 1 aromatic carbocycles. The van der Waals surface area contributed by atoms with Crippen LogP contribution < -0.4 is 5.32 Å². The molecular formula is C22H24N4O. The van der Waals surface area contributed by atoms with E-state index in [-0.39, 0.29) is 12.5 Å². The predicted octanol–water partition coefficient (Wildman–Crippen LogP) is 3.81. The van der Waals surface area contributed by atoms with Gasteiger partial charge in [0.15, 0.2) is 0 Å². The Morgan fingerprint density at radius 3 is 2.59 bits per heavy atom. The maximum Gasteiger partial charge on any atom is 0.238 e. The molecule has 0 aliphatic carbocycles. The molecule has 0 bridgehead atoms.